The normalized spacial score (nSPS) is 13.1. The van der Waals surface area contributed by atoms with Crippen molar-refractivity contribution in [2.24, 2.45) is 7.05 Å². The molecule has 1 aromatic heterocycles. The van der Waals surface area contributed by atoms with Gasteiger partial charge in [0.05, 0.1) is 23.0 Å². The summed E-state index contributed by atoms with van der Waals surface area (Å²) in [5.41, 5.74) is 1.80. The molecule has 0 bridgehead atoms. The van der Waals surface area contributed by atoms with Gasteiger partial charge in [0.1, 0.15) is 0 Å². The molecule has 4 nitrogen and oxygen atoms in total. The number of aryl methyl sites for hydroxylation is 2. The molecule has 0 aliphatic heterocycles. The predicted molar refractivity (Wildman–Crippen MR) is 61.0 cm³/mol. The number of nitrogens with one attached hydrogen (secondary N) is 1. The van der Waals surface area contributed by atoms with Crippen molar-refractivity contribution in [2.75, 3.05) is 6.61 Å². The summed E-state index contributed by atoms with van der Waals surface area (Å²) < 4.78 is 1.77. The molecule has 1 unspecified atom stereocenters. The average molecular weight is 232 g/mol. The number of rotatable bonds is 5. The van der Waals surface area contributed by atoms with E-state index in [0.29, 0.717) is 11.6 Å². The van der Waals surface area contributed by atoms with Crippen LogP contribution in [0.4, 0.5) is 0 Å². The van der Waals surface area contributed by atoms with E-state index in [9.17, 15) is 0 Å². The predicted octanol–water partition coefficient (Wildman–Crippen LogP) is 1.24. The molecule has 1 aromatic rings. The minimum absolute atomic E-state index is 0.122. The molecule has 5 heteroatoms. The summed E-state index contributed by atoms with van der Waals surface area (Å²) in [7, 11) is 1.87. The minimum Gasteiger partial charge on any atom is -0.395 e. The first-order chi connectivity index (χ1) is 7.10. The van der Waals surface area contributed by atoms with Gasteiger partial charge in [-0.15, -0.1) is 0 Å². The van der Waals surface area contributed by atoms with Crippen LogP contribution in [0.2, 0.25) is 5.02 Å². The first-order valence-corrected chi connectivity index (χ1v) is 5.50. The monoisotopic (exact) mass is 231 g/mol. The number of hydrogen-bond acceptors (Lipinski definition) is 3. The molecule has 0 saturated heterocycles. The van der Waals surface area contributed by atoms with E-state index in [1.54, 1.807) is 4.68 Å². The van der Waals surface area contributed by atoms with Gasteiger partial charge in [-0.1, -0.05) is 18.5 Å². The summed E-state index contributed by atoms with van der Waals surface area (Å²) >= 11 is 6.10. The lowest BCUT2D eigenvalue weighted by Gasteiger charge is -2.13. The van der Waals surface area contributed by atoms with E-state index in [4.69, 9.17) is 16.7 Å². The quantitative estimate of drug-likeness (QED) is 0.802. The number of aliphatic hydroxyl groups excluding tert-OH is 1. The van der Waals surface area contributed by atoms with Crippen LogP contribution in [0.25, 0.3) is 0 Å². The van der Waals surface area contributed by atoms with Crippen molar-refractivity contribution < 1.29 is 5.11 Å². The molecule has 0 aliphatic carbocycles. The van der Waals surface area contributed by atoms with Crippen LogP contribution in [0, 0.1) is 6.92 Å². The maximum absolute atomic E-state index is 9.03. The van der Waals surface area contributed by atoms with Crippen molar-refractivity contribution in [1.29, 1.82) is 0 Å². The highest BCUT2D eigenvalue weighted by molar-refractivity contribution is 6.31. The van der Waals surface area contributed by atoms with Crippen LogP contribution in [0.5, 0.6) is 0 Å². The SMILES string of the molecule is CCC(CO)NCc1c(Cl)c(C)nn1C. The van der Waals surface area contributed by atoms with Gasteiger partial charge in [-0.05, 0) is 13.3 Å². The van der Waals surface area contributed by atoms with E-state index in [1.165, 1.54) is 0 Å². The molecule has 86 valence electrons. The fourth-order valence-corrected chi connectivity index (χ4v) is 1.68. The van der Waals surface area contributed by atoms with E-state index in [1.807, 2.05) is 20.9 Å². The highest BCUT2D eigenvalue weighted by Gasteiger charge is 2.12. The Labute approximate surface area is 95.2 Å². The summed E-state index contributed by atoms with van der Waals surface area (Å²) in [6.07, 6.45) is 0.894. The Morgan fingerprint density at radius 3 is 2.67 bits per heavy atom. The van der Waals surface area contributed by atoms with Crippen molar-refractivity contribution in [3.8, 4) is 0 Å². The zero-order chi connectivity index (χ0) is 11.4. The number of aliphatic hydroxyl groups is 1. The second-order valence-electron chi connectivity index (χ2n) is 3.64. The van der Waals surface area contributed by atoms with Crippen LogP contribution < -0.4 is 5.32 Å². The largest absolute Gasteiger partial charge is 0.395 e. The van der Waals surface area contributed by atoms with Gasteiger partial charge in [-0.25, -0.2) is 0 Å². The van der Waals surface area contributed by atoms with Crippen molar-refractivity contribution in [3.63, 3.8) is 0 Å². The molecule has 0 fully saturated rings. The molecule has 15 heavy (non-hydrogen) atoms. The topological polar surface area (TPSA) is 50.1 Å². The van der Waals surface area contributed by atoms with Crippen molar-refractivity contribution in [2.45, 2.75) is 32.9 Å². The Morgan fingerprint density at radius 1 is 1.60 bits per heavy atom. The smallest absolute Gasteiger partial charge is 0.0860 e. The first kappa shape index (κ1) is 12.5. The minimum atomic E-state index is 0.122. The van der Waals surface area contributed by atoms with Crippen molar-refractivity contribution in [1.82, 2.24) is 15.1 Å². The fraction of sp³-hybridized carbons (Fsp3) is 0.700. The average Bonchev–Trinajstić information content (AvgIpc) is 2.45. The zero-order valence-electron chi connectivity index (χ0n) is 9.42. The molecular weight excluding hydrogens is 214 g/mol. The van der Waals surface area contributed by atoms with Gasteiger partial charge >= 0.3 is 0 Å². The van der Waals surface area contributed by atoms with Gasteiger partial charge in [-0.3, -0.25) is 4.68 Å². The van der Waals surface area contributed by atoms with Gasteiger partial charge in [0.15, 0.2) is 0 Å². The second kappa shape index (κ2) is 5.49. The lowest BCUT2D eigenvalue weighted by molar-refractivity contribution is 0.237. The summed E-state index contributed by atoms with van der Waals surface area (Å²) in [5, 5.41) is 17.2. The highest BCUT2D eigenvalue weighted by Crippen LogP contribution is 2.19. The Hall–Kier alpha value is -0.580. The Kier molecular flexibility index (Phi) is 4.57. The van der Waals surface area contributed by atoms with Crippen LogP contribution >= 0.6 is 11.6 Å². The number of halogens is 1. The fourth-order valence-electron chi connectivity index (χ4n) is 1.45. The molecule has 0 aromatic carbocycles. The third kappa shape index (κ3) is 2.93. The van der Waals surface area contributed by atoms with Gasteiger partial charge in [-0.2, -0.15) is 5.10 Å². The third-order valence-corrected chi connectivity index (χ3v) is 3.02. The second-order valence-corrected chi connectivity index (χ2v) is 4.02. The number of aromatic nitrogens is 2. The van der Waals surface area contributed by atoms with Crippen LogP contribution in [0.15, 0.2) is 0 Å². The number of hydrogen-bond donors (Lipinski definition) is 2. The lowest BCUT2D eigenvalue weighted by Crippen LogP contribution is -2.31. The zero-order valence-corrected chi connectivity index (χ0v) is 10.2. The molecule has 1 heterocycles. The van der Waals surface area contributed by atoms with Crippen LogP contribution in [-0.2, 0) is 13.6 Å². The number of nitrogens with zero attached hydrogens (tertiary/aromatic N) is 2. The van der Waals surface area contributed by atoms with E-state index >= 15 is 0 Å². The van der Waals surface area contributed by atoms with Crippen molar-refractivity contribution >= 4 is 11.6 Å². The summed E-state index contributed by atoms with van der Waals surface area (Å²) in [6.45, 7) is 4.69. The van der Waals surface area contributed by atoms with E-state index in [-0.39, 0.29) is 12.6 Å². The molecule has 1 rings (SSSR count). The standard InChI is InChI=1S/C10H18ClN3O/c1-4-8(6-15)12-5-9-10(11)7(2)13-14(9)3/h8,12,15H,4-6H2,1-3H3. The Morgan fingerprint density at radius 2 is 2.27 bits per heavy atom. The summed E-state index contributed by atoms with van der Waals surface area (Å²) in [4.78, 5) is 0. The lowest BCUT2D eigenvalue weighted by atomic mass is 10.2. The molecule has 0 amide bonds. The van der Waals surface area contributed by atoms with Gasteiger partial charge in [0.2, 0.25) is 0 Å². The van der Waals surface area contributed by atoms with Crippen LogP contribution in [0.1, 0.15) is 24.7 Å². The third-order valence-electron chi connectivity index (χ3n) is 2.53. The van der Waals surface area contributed by atoms with E-state index in [0.717, 1.165) is 17.8 Å². The first-order valence-electron chi connectivity index (χ1n) is 5.12. The molecule has 1 atom stereocenters. The summed E-state index contributed by atoms with van der Waals surface area (Å²) in [6, 6.07) is 0.122. The van der Waals surface area contributed by atoms with Crippen LogP contribution in [-0.4, -0.2) is 27.5 Å². The highest BCUT2D eigenvalue weighted by atomic mass is 35.5. The van der Waals surface area contributed by atoms with Gasteiger partial charge < -0.3 is 10.4 Å². The van der Waals surface area contributed by atoms with Crippen molar-refractivity contribution in [3.05, 3.63) is 16.4 Å². The molecule has 0 aliphatic rings. The molecule has 0 radical (unpaired) electrons. The molecule has 0 saturated carbocycles. The van der Waals surface area contributed by atoms with Crippen LogP contribution in [0.3, 0.4) is 0 Å². The molecule has 0 spiro atoms. The Bertz CT molecular complexity index is 321. The molecule has 2 N–H and O–H groups in total. The van der Waals surface area contributed by atoms with E-state index in [2.05, 4.69) is 10.4 Å². The Balaban J connectivity index is 2.64. The maximum Gasteiger partial charge on any atom is 0.0860 e. The van der Waals surface area contributed by atoms with E-state index < -0.39 is 0 Å². The van der Waals surface area contributed by atoms with Gasteiger partial charge in [0.25, 0.3) is 0 Å². The molecular formula is C10H18ClN3O. The maximum atomic E-state index is 9.03. The summed E-state index contributed by atoms with van der Waals surface area (Å²) in [5.74, 6) is 0. The van der Waals surface area contributed by atoms with Gasteiger partial charge in [0, 0.05) is 19.6 Å².